The normalized spacial score (nSPS) is 19.8. The van der Waals surface area contributed by atoms with Gasteiger partial charge in [0.1, 0.15) is 6.04 Å². The summed E-state index contributed by atoms with van der Waals surface area (Å²) >= 11 is 0. The molecule has 1 aliphatic rings. The van der Waals surface area contributed by atoms with Gasteiger partial charge in [0, 0.05) is 25.8 Å². The lowest BCUT2D eigenvalue weighted by molar-refractivity contribution is 0.0915. The number of carbonyl (C=O) groups is 1. The molecule has 148 valence electrons. The first kappa shape index (κ1) is 20.5. The summed E-state index contributed by atoms with van der Waals surface area (Å²) in [5.74, 6) is -0.390. The van der Waals surface area contributed by atoms with Gasteiger partial charge in [-0.15, -0.1) is 0 Å². The van der Waals surface area contributed by atoms with E-state index in [0.29, 0.717) is 11.6 Å². The Labute approximate surface area is 169 Å². The fraction of sp³-hybridized carbons (Fsp3) is 0.318. The highest BCUT2D eigenvalue weighted by atomic mass is 32.2. The summed E-state index contributed by atoms with van der Waals surface area (Å²) in [7, 11) is -5.10. The van der Waals surface area contributed by atoms with Crippen LogP contribution < -0.4 is 0 Å². The van der Waals surface area contributed by atoms with Crippen molar-refractivity contribution in [2.75, 3.05) is 5.75 Å². The van der Waals surface area contributed by atoms with Crippen LogP contribution in [0.15, 0.2) is 72.9 Å². The zero-order chi connectivity index (χ0) is 20.4. The number of sulfonamides is 1. The minimum Gasteiger partial charge on any atom is -0.292 e. The third-order valence-electron chi connectivity index (χ3n) is 5.00. The first-order chi connectivity index (χ1) is 13.2. The number of carbonyl (C=O) groups excluding carboxylic acids is 1. The number of benzene rings is 2. The van der Waals surface area contributed by atoms with Crippen LogP contribution >= 0.6 is 0 Å². The molecular formula is C22H27NO3SSi. The summed E-state index contributed by atoms with van der Waals surface area (Å²) in [6.07, 6.45) is 3.43. The third-order valence-corrected chi connectivity index (χ3v) is 8.82. The van der Waals surface area contributed by atoms with Crippen LogP contribution in [0.5, 0.6) is 0 Å². The van der Waals surface area contributed by atoms with Crippen LogP contribution in [0.4, 0.5) is 0 Å². The summed E-state index contributed by atoms with van der Waals surface area (Å²) in [5.41, 5.74) is 1.47. The van der Waals surface area contributed by atoms with E-state index in [-0.39, 0.29) is 17.5 Å². The molecule has 0 amide bonds. The van der Waals surface area contributed by atoms with E-state index in [1.54, 1.807) is 30.5 Å². The summed E-state index contributed by atoms with van der Waals surface area (Å²) < 4.78 is 27.6. The molecule has 0 N–H and O–H groups in total. The minimum atomic E-state index is -3.58. The fourth-order valence-corrected chi connectivity index (χ4v) is 7.88. The fourth-order valence-electron chi connectivity index (χ4n) is 3.36. The number of hydrogen-bond acceptors (Lipinski definition) is 3. The number of Topliss-reactive ketones (excluding diaryl/α,β-unsaturated/α-hetero) is 1. The molecule has 0 radical (unpaired) electrons. The molecular weight excluding hydrogens is 386 g/mol. The van der Waals surface area contributed by atoms with Crippen LogP contribution in [-0.2, 0) is 10.0 Å². The maximum atomic E-state index is 13.4. The van der Waals surface area contributed by atoms with Crippen molar-refractivity contribution < 1.29 is 13.2 Å². The van der Waals surface area contributed by atoms with Gasteiger partial charge < -0.3 is 0 Å². The van der Waals surface area contributed by atoms with Crippen LogP contribution in [0, 0.1) is 0 Å². The van der Waals surface area contributed by atoms with Crippen molar-refractivity contribution >= 4 is 23.9 Å². The van der Waals surface area contributed by atoms with Crippen molar-refractivity contribution in [1.29, 1.82) is 0 Å². The number of hydrogen-bond donors (Lipinski definition) is 0. The Bertz CT molecular complexity index is 950. The van der Waals surface area contributed by atoms with E-state index in [1.165, 1.54) is 4.31 Å². The molecule has 3 rings (SSSR count). The smallest absolute Gasteiger partial charge is 0.235 e. The van der Waals surface area contributed by atoms with Crippen molar-refractivity contribution in [1.82, 2.24) is 4.31 Å². The van der Waals surface area contributed by atoms with Gasteiger partial charge in [-0.2, -0.15) is 0 Å². The number of nitrogens with zero attached hydrogens (tertiary/aromatic N) is 1. The van der Waals surface area contributed by atoms with Crippen molar-refractivity contribution in [3.8, 4) is 0 Å². The van der Waals surface area contributed by atoms with Crippen molar-refractivity contribution in [3.05, 3.63) is 84.1 Å². The van der Waals surface area contributed by atoms with E-state index < -0.39 is 24.1 Å². The molecule has 0 aromatic heterocycles. The molecule has 0 bridgehead atoms. The van der Waals surface area contributed by atoms with E-state index in [1.807, 2.05) is 42.5 Å². The van der Waals surface area contributed by atoms with Gasteiger partial charge >= 0.3 is 0 Å². The topological polar surface area (TPSA) is 54.5 Å². The van der Waals surface area contributed by atoms with Crippen molar-refractivity contribution in [2.24, 2.45) is 0 Å². The molecule has 2 atom stereocenters. The van der Waals surface area contributed by atoms with E-state index in [9.17, 15) is 13.2 Å². The lowest BCUT2D eigenvalue weighted by atomic mass is 9.88. The molecule has 0 aliphatic carbocycles. The zero-order valence-electron chi connectivity index (χ0n) is 16.6. The lowest BCUT2D eigenvalue weighted by Crippen LogP contribution is -2.43. The van der Waals surface area contributed by atoms with Gasteiger partial charge in [0.2, 0.25) is 10.0 Å². The minimum absolute atomic E-state index is 0.0765. The molecule has 0 saturated carbocycles. The molecule has 0 unspecified atom stereocenters. The highest BCUT2D eigenvalue weighted by Gasteiger charge is 2.42. The second kappa shape index (κ2) is 8.05. The Morgan fingerprint density at radius 1 is 0.964 bits per heavy atom. The van der Waals surface area contributed by atoms with E-state index >= 15 is 0 Å². The molecule has 2 aromatic carbocycles. The van der Waals surface area contributed by atoms with E-state index in [0.717, 1.165) is 5.56 Å². The summed E-state index contributed by atoms with van der Waals surface area (Å²) in [5, 5.41) is 0. The van der Waals surface area contributed by atoms with Gasteiger partial charge in [0.15, 0.2) is 5.78 Å². The van der Waals surface area contributed by atoms with Gasteiger partial charge in [-0.25, -0.2) is 8.42 Å². The maximum absolute atomic E-state index is 13.4. The van der Waals surface area contributed by atoms with E-state index in [4.69, 9.17) is 0 Å². The van der Waals surface area contributed by atoms with Crippen LogP contribution in [-0.4, -0.2) is 38.4 Å². The Morgan fingerprint density at radius 3 is 2.11 bits per heavy atom. The van der Waals surface area contributed by atoms with Gasteiger partial charge in [-0.3, -0.25) is 9.10 Å². The molecule has 0 spiro atoms. The molecule has 4 nitrogen and oxygen atoms in total. The van der Waals surface area contributed by atoms with Crippen LogP contribution in [0.25, 0.3) is 0 Å². The third kappa shape index (κ3) is 4.62. The molecule has 1 aliphatic heterocycles. The SMILES string of the molecule is C[Si](C)(C)CCS(=O)(=O)N1C=C[C@@H](c2ccccc2)[C@@H]1C(=O)c1ccccc1. The Hall–Kier alpha value is -2.18. The molecule has 1 heterocycles. The molecule has 6 heteroatoms. The summed E-state index contributed by atoms with van der Waals surface area (Å²) in [6, 6.07) is 18.5. The monoisotopic (exact) mass is 413 g/mol. The average Bonchev–Trinajstić information content (AvgIpc) is 3.13. The van der Waals surface area contributed by atoms with Gasteiger partial charge in [0.05, 0.1) is 5.75 Å². The van der Waals surface area contributed by atoms with E-state index in [2.05, 4.69) is 19.6 Å². The molecule has 28 heavy (non-hydrogen) atoms. The van der Waals surface area contributed by atoms with Gasteiger partial charge in [-0.05, 0) is 11.6 Å². The highest BCUT2D eigenvalue weighted by molar-refractivity contribution is 7.89. The second-order valence-electron chi connectivity index (χ2n) is 8.41. The predicted molar refractivity (Wildman–Crippen MR) is 117 cm³/mol. The van der Waals surface area contributed by atoms with Crippen LogP contribution in [0.2, 0.25) is 25.7 Å². The zero-order valence-corrected chi connectivity index (χ0v) is 18.4. The first-order valence-electron chi connectivity index (χ1n) is 9.53. The van der Waals surface area contributed by atoms with Gasteiger partial charge in [0.25, 0.3) is 0 Å². The quantitative estimate of drug-likeness (QED) is 0.495. The molecule has 0 fully saturated rings. The van der Waals surface area contributed by atoms with Gasteiger partial charge in [-0.1, -0.05) is 86.4 Å². The summed E-state index contributed by atoms with van der Waals surface area (Å²) in [6.45, 7) is 6.46. The first-order valence-corrected chi connectivity index (χ1v) is 14.8. The maximum Gasteiger partial charge on any atom is 0.235 e. The van der Waals surface area contributed by atoms with Crippen molar-refractivity contribution in [2.45, 2.75) is 37.6 Å². The second-order valence-corrected chi connectivity index (χ2v) is 16.0. The summed E-state index contributed by atoms with van der Waals surface area (Å²) in [4.78, 5) is 13.4. The number of ketones is 1. The lowest BCUT2D eigenvalue weighted by Gasteiger charge is -2.29. The van der Waals surface area contributed by atoms with Crippen molar-refractivity contribution in [3.63, 3.8) is 0 Å². The standard InChI is InChI=1S/C22H27NO3SSi/c1-28(2,3)17-16-27(25,26)23-15-14-20(18-10-6-4-7-11-18)21(23)22(24)19-12-8-5-9-13-19/h4-15,20-21H,16-17H2,1-3H3/t20-,21+/m0/s1. The number of rotatable bonds is 7. The van der Waals surface area contributed by atoms with Crippen LogP contribution in [0.1, 0.15) is 21.8 Å². The Balaban J connectivity index is 1.97. The molecule has 0 saturated heterocycles. The predicted octanol–water partition coefficient (Wildman–Crippen LogP) is 4.52. The average molecular weight is 414 g/mol. The Kier molecular flexibility index (Phi) is 5.91. The van der Waals surface area contributed by atoms with Crippen LogP contribution in [0.3, 0.4) is 0 Å². The Morgan fingerprint density at radius 2 is 1.54 bits per heavy atom. The molecule has 2 aromatic rings. The highest BCUT2D eigenvalue weighted by Crippen LogP contribution is 2.35. The largest absolute Gasteiger partial charge is 0.292 e.